The molecule has 1 amide bonds. The molecule has 34 heavy (non-hydrogen) atoms. The standard InChI is InChI=1S/C13H14N2O3S2.C11H9NO2/c1-8(20-3)12(16)15(9(2)19)14-11-7-5-4-6-10(11)13(17)18;1-8-5-6-11(14-8)9-3-2-4-10(7-9)12-13/h4-7,14H,1H2,2-3H3,(H,17,18);2-7H,1H3. The molecule has 0 saturated heterocycles. The highest BCUT2D eigenvalue weighted by Crippen LogP contribution is 2.25. The maximum atomic E-state index is 12.1. The Labute approximate surface area is 206 Å². The van der Waals surface area contributed by atoms with Gasteiger partial charge in [-0.2, -0.15) is 0 Å². The van der Waals surface area contributed by atoms with Gasteiger partial charge in [-0.05, 0) is 61.7 Å². The van der Waals surface area contributed by atoms with E-state index in [-0.39, 0.29) is 16.2 Å². The van der Waals surface area contributed by atoms with E-state index < -0.39 is 11.9 Å². The Morgan fingerprint density at radius 1 is 1.15 bits per heavy atom. The molecule has 1 heterocycles. The lowest BCUT2D eigenvalue weighted by molar-refractivity contribution is -0.121. The zero-order chi connectivity index (χ0) is 25.3. The molecule has 176 valence electrons. The summed E-state index contributed by atoms with van der Waals surface area (Å²) in [5.74, 6) is 0.105. The minimum atomic E-state index is -1.09. The second-order valence-electron chi connectivity index (χ2n) is 6.80. The summed E-state index contributed by atoms with van der Waals surface area (Å²) in [6.45, 7) is 7.08. The zero-order valence-corrected chi connectivity index (χ0v) is 20.4. The Morgan fingerprint density at radius 3 is 2.41 bits per heavy atom. The van der Waals surface area contributed by atoms with Crippen LogP contribution in [-0.4, -0.2) is 33.2 Å². The number of amides is 1. The number of hydrogen-bond donors (Lipinski definition) is 2. The fraction of sp³-hybridized carbons (Fsp3) is 0.125. The predicted molar refractivity (Wildman–Crippen MR) is 139 cm³/mol. The molecule has 0 spiro atoms. The lowest BCUT2D eigenvalue weighted by Crippen LogP contribution is -2.39. The highest BCUT2D eigenvalue weighted by molar-refractivity contribution is 8.03. The van der Waals surface area contributed by atoms with E-state index >= 15 is 0 Å². The largest absolute Gasteiger partial charge is 0.478 e. The van der Waals surface area contributed by atoms with E-state index in [0.717, 1.165) is 22.1 Å². The number of thioether (sulfide) groups is 1. The maximum absolute atomic E-state index is 12.1. The second kappa shape index (κ2) is 12.5. The van der Waals surface area contributed by atoms with Crippen LogP contribution in [0.15, 0.2) is 81.7 Å². The first-order chi connectivity index (χ1) is 16.2. The summed E-state index contributed by atoms with van der Waals surface area (Å²) < 4.78 is 5.43. The second-order valence-corrected chi connectivity index (χ2v) is 8.29. The summed E-state index contributed by atoms with van der Waals surface area (Å²) in [4.78, 5) is 34.1. The van der Waals surface area contributed by atoms with Crippen molar-refractivity contribution in [3.8, 4) is 11.3 Å². The summed E-state index contributed by atoms with van der Waals surface area (Å²) in [6, 6.07) is 17.1. The molecule has 3 aromatic rings. The highest BCUT2D eigenvalue weighted by atomic mass is 32.2. The van der Waals surface area contributed by atoms with Crippen LogP contribution in [0.2, 0.25) is 0 Å². The molecule has 10 heteroatoms. The van der Waals surface area contributed by atoms with Crippen LogP contribution in [-0.2, 0) is 4.79 Å². The van der Waals surface area contributed by atoms with Gasteiger partial charge < -0.3 is 9.52 Å². The lowest BCUT2D eigenvalue weighted by atomic mass is 10.1. The molecule has 2 N–H and O–H groups in total. The van der Waals surface area contributed by atoms with Crippen LogP contribution in [0, 0.1) is 11.8 Å². The number of nitrogens with zero attached hydrogens (tertiary/aromatic N) is 2. The van der Waals surface area contributed by atoms with Crippen molar-refractivity contribution >= 4 is 52.2 Å². The first-order valence-corrected chi connectivity index (χ1v) is 11.5. The van der Waals surface area contributed by atoms with Crippen LogP contribution >= 0.6 is 24.0 Å². The third kappa shape index (κ3) is 7.12. The quantitative estimate of drug-likeness (QED) is 0.166. The fourth-order valence-electron chi connectivity index (χ4n) is 2.68. The van der Waals surface area contributed by atoms with Gasteiger partial charge in [0, 0.05) is 5.56 Å². The Hall–Kier alpha value is -3.76. The summed E-state index contributed by atoms with van der Waals surface area (Å²) in [7, 11) is 0. The number of anilines is 1. The lowest BCUT2D eigenvalue weighted by Gasteiger charge is -2.24. The number of nitroso groups, excluding NO2 is 1. The van der Waals surface area contributed by atoms with E-state index in [2.05, 4.69) is 17.2 Å². The molecule has 1 aromatic heterocycles. The number of furan rings is 1. The summed E-state index contributed by atoms with van der Waals surface area (Å²) in [6.07, 6.45) is 1.72. The van der Waals surface area contributed by atoms with Gasteiger partial charge in [0.15, 0.2) is 0 Å². The predicted octanol–water partition coefficient (Wildman–Crippen LogP) is 6.42. The van der Waals surface area contributed by atoms with Gasteiger partial charge in [0.05, 0.1) is 16.2 Å². The third-order valence-electron chi connectivity index (χ3n) is 4.37. The first kappa shape index (κ1) is 26.5. The smallest absolute Gasteiger partial charge is 0.337 e. The average molecular weight is 498 g/mol. The van der Waals surface area contributed by atoms with Crippen molar-refractivity contribution in [2.75, 3.05) is 11.7 Å². The molecule has 0 atom stereocenters. The minimum Gasteiger partial charge on any atom is -0.478 e. The van der Waals surface area contributed by atoms with Gasteiger partial charge in [0.25, 0.3) is 5.91 Å². The fourth-order valence-corrected chi connectivity index (χ4v) is 3.07. The number of carboxylic acids is 1. The Bertz CT molecular complexity index is 1220. The number of hydrogen-bond acceptors (Lipinski definition) is 8. The number of carbonyl (C=O) groups excluding carboxylic acids is 1. The van der Waals surface area contributed by atoms with Gasteiger partial charge in [-0.1, -0.05) is 43.1 Å². The molecule has 0 aliphatic heterocycles. The molecule has 0 unspecified atom stereocenters. The third-order valence-corrected chi connectivity index (χ3v) is 5.22. The molecule has 0 aliphatic rings. The first-order valence-electron chi connectivity index (χ1n) is 9.85. The van der Waals surface area contributed by atoms with E-state index in [9.17, 15) is 14.5 Å². The summed E-state index contributed by atoms with van der Waals surface area (Å²) >= 11 is 6.21. The van der Waals surface area contributed by atoms with Crippen molar-refractivity contribution in [3.05, 3.63) is 88.4 Å². The summed E-state index contributed by atoms with van der Waals surface area (Å²) in [5, 5.41) is 13.1. The molecule has 3 rings (SSSR count). The van der Waals surface area contributed by atoms with Crippen molar-refractivity contribution in [1.29, 1.82) is 0 Å². The van der Waals surface area contributed by atoms with Gasteiger partial charge >= 0.3 is 5.97 Å². The number of thiocarbonyl (C=S) groups is 1. The number of aryl methyl sites for hydroxylation is 1. The average Bonchev–Trinajstić information content (AvgIpc) is 3.28. The number of hydrazine groups is 1. The Morgan fingerprint density at radius 2 is 1.85 bits per heavy atom. The van der Waals surface area contributed by atoms with Crippen LogP contribution in [0.5, 0.6) is 0 Å². The van der Waals surface area contributed by atoms with Crippen LogP contribution in [0.3, 0.4) is 0 Å². The number of aromatic carboxylic acids is 1. The van der Waals surface area contributed by atoms with Gasteiger partial charge in [-0.25, -0.2) is 9.80 Å². The Balaban J connectivity index is 0.000000254. The molecule has 0 saturated carbocycles. The van der Waals surface area contributed by atoms with Gasteiger partial charge in [-0.3, -0.25) is 10.2 Å². The molecule has 0 aliphatic carbocycles. The number of nitrogens with one attached hydrogen (secondary N) is 1. The number of benzene rings is 2. The molecule has 8 nitrogen and oxygen atoms in total. The van der Waals surface area contributed by atoms with Gasteiger partial charge in [-0.15, -0.1) is 16.7 Å². The maximum Gasteiger partial charge on any atom is 0.337 e. The van der Waals surface area contributed by atoms with Crippen molar-refractivity contribution < 1.29 is 19.1 Å². The summed E-state index contributed by atoms with van der Waals surface area (Å²) in [5.41, 5.74) is 4.35. The van der Waals surface area contributed by atoms with Crippen molar-refractivity contribution in [2.45, 2.75) is 13.8 Å². The van der Waals surface area contributed by atoms with Crippen LogP contribution < -0.4 is 5.43 Å². The molecule has 0 bridgehead atoms. The normalized spacial score (nSPS) is 9.85. The molecule has 0 radical (unpaired) electrons. The number of carbonyl (C=O) groups is 2. The molecule has 2 aromatic carbocycles. The van der Waals surface area contributed by atoms with E-state index in [1.807, 2.05) is 25.1 Å². The molecular formula is C24H23N3O5S2. The number of rotatable bonds is 7. The van der Waals surface area contributed by atoms with E-state index in [1.165, 1.54) is 17.8 Å². The monoisotopic (exact) mass is 497 g/mol. The van der Waals surface area contributed by atoms with Gasteiger partial charge in [0.2, 0.25) is 0 Å². The Kier molecular flexibility index (Phi) is 9.72. The van der Waals surface area contributed by atoms with E-state index in [4.69, 9.17) is 21.7 Å². The van der Waals surface area contributed by atoms with Crippen molar-refractivity contribution in [3.63, 3.8) is 0 Å². The minimum absolute atomic E-state index is 0.0521. The molecular weight excluding hydrogens is 474 g/mol. The topological polar surface area (TPSA) is 112 Å². The number of para-hydroxylation sites is 1. The SMILES string of the molecule is C=C(SC)C(=O)N(Nc1ccccc1C(=O)O)C(C)=S.Cc1ccc(-c2cccc(N=O)c2)o1. The van der Waals surface area contributed by atoms with Crippen molar-refractivity contribution in [2.24, 2.45) is 5.18 Å². The van der Waals surface area contributed by atoms with Crippen LogP contribution in [0.25, 0.3) is 11.3 Å². The number of carboxylic acid groups (broad SMARTS) is 1. The van der Waals surface area contributed by atoms with Crippen LogP contribution in [0.4, 0.5) is 11.4 Å². The van der Waals surface area contributed by atoms with Crippen LogP contribution in [0.1, 0.15) is 23.0 Å². The van der Waals surface area contributed by atoms with E-state index in [0.29, 0.717) is 10.6 Å². The highest BCUT2D eigenvalue weighted by Gasteiger charge is 2.20. The van der Waals surface area contributed by atoms with E-state index in [1.54, 1.807) is 49.6 Å². The van der Waals surface area contributed by atoms with Gasteiger partial charge in [0.1, 0.15) is 22.2 Å². The van der Waals surface area contributed by atoms with Crippen molar-refractivity contribution in [1.82, 2.24) is 5.01 Å². The zero-order valence-electron chi connectivity index (χ0n) is 18.8. The molecule has 0 fully saturated rings.